The molecule has 0 aliphatic carbocycles. The second kappa shape index (κ2) is 10.5. The Morgan fingerprint density at radius 3 is 2.72 bits per heavy atom. The molecule has 1 atom stereocenters. The Morgan fingerprint density at radius 2 is 2.00 bits per heavy atom. The van der Waals surface area contributed by atoms with Crippen molar-refractivity contribution in [3.63, 3.8) is 0 Å². The lowest BCUT2D eigenvalue weighted by molar-refractivity contribution is -0.123. The molecular weight excluding hydrogens is 536 g/mol. The van der Waals surface area contributed by atoms with Crippen LogP contribution < -0.4 is 4.90 Å². The number of sulfonamides is 1. The van der Waals surface area contributed by atoms with Crippen molar-refractivity contribution in [2.24, 2.45) is 0 Å². The van der Waals surface area contributed by atoms with E-state index < -0.39 is 16.1 Å². The summed E-state index contributed by atoms with van der Waals surface area (Å²) in [6.07, 6.45) is 4.42. The summed E-state index contributed by atoms with van der Waals surface area (Å²) in [5, 5.41) is 0.545. The smallest absolute Gasteiger partial charge is 0.253 e. The predicted octanol–water partition coefficient (Wildman–Crippen LogP) is 5.75. The number of rotatable bonds is 7. The molecule has 0 radical (unpaired) electrons. The van der Waals surface area contributed by atoms with Crippen molar-refractivity contribution < 1.29 is 13.2 Å². The molecule has 1 amide bonds. The van der Waals surface area contributed by atoms with Gasteiger partial charge >= 0.3 is 0 Å². The highest BCUT2D eigenvalue weighted by Crippen LogP contribution is 2.35. The highest BCUT2D eigenvalue weighted by Gasteiger charge is 2.41. The fourth-order valence-electron chi connectivity index (χ4n) is 4.46. The number of aromatic nitrogens is 2. The summed E-state index contributed by atoms with van der Waals surface area (Å²) in [7, 11) is -3.87. The minimum Gasteiger partial charge on any atom is -0.281 e. The SMILES string of the molecule is CCc1cccc2sc(N(Cc3ccccn3)C(=O)C3CCCCN3S(=O)(=O)c3ccc(Cl)s3)nc12. The van der Waals surface area contributed by atoms with Crippen molar-refractivity contribution in [3.05, 3.63) is 70.3 Å². The summed E-state index contributed by atoms with van der Waals surface area (Å²) in [4.78, 5) is 25.0. The van der Waals surface area contributed by atoms with E-state index in [-0.39, 0.29) is 23.2 Å². The lowest BCUT2D eigenvalue weighted by Gasteiger charge is -2.35. The first-order chi connectivity index (χ1) is 17.4. The molecule has 3 aromatic heterocycles. The molecule has 7 nitrogen and oxygen atoms in total. The van der Waals surface area contributed by atoms with E-state index in [1.807, 2.05) is 36.4 Å². The van der Waals surface area contributed by atoms with Crippen LogP contribution in [-0.4, -0.2) is 41.2 Å². The molecule has 1 aliphatic rings. The molecule has 0 bridgehead atoms. The van der Waals surface area contributed by atoms with Gasteiger partial charge in [-0.05, 0) is 55.2 Å². The average Bonchev–Trinajstić information content (AvgIpc) is 3.54. The van der Waals surface area contributed by atoms with E-state index in [1.165, 1.54) is 21.7 Å². The van der Waals surface area contributed by atoms with Gasteiger partial charge in [0.1, 0.15) is 10.3 Å². The predicted molar refractivity (Wildman–Crippen MR) is 145 cm³/mol. The molecule has 188 valence electrons. The molecule has 0 saturated carbocycles. The van der Waals surface area contributed by atoms with Crippen molar-refractivity contribution in [1.82, 2.24) is 14.3 Å². The van der Waals surface area contributed by atoms with E-state index in [0.29, 0.717) is 28.0 Å². The molecule has 11 heteroatoms. The molecule has 1 aliphatic heterocycles. The highest BCUT2D eigenvalue weighted by molar-refractivity contribution is 7.91. The van der Waals surface area contributed by atoms with Crippen LogP contribution in [0.4, 0.5) is 5.13 Å². The van der Waals surface area contributed by atoms with Gasteiger partial charge < -0.3 is 0 Å². The molecule has 5 rings (SSSR count). The van der Waals surface area contributed by atoms with Crippen LogP contribution in [0.25, 0.3) is 10.2 Å². The summed E-state index contributed by atoms with van der Waals surface area (Å²) in [6.45, 7) is 2.56. The molecule has 1 aromatic carbocycles. The maximum Gasteiger partial charge on any atom is 0.253 e. The Morgan fingerprint density at radius 1 is 1.14 bits per heavy atom. The second-order valence-corrected chi connectivity index (χ2v) is 13.4. The molecule has 4 aromatic rings. The van der Waals surface area contributed by atoms with Crippen molar-refractivity contribution in [2.75, 3.05) is 11.4 Å². The Balaban J connectivity index is 1.55. The quantitative estimate of drug-likeness (QED) is 0.287. The van der Waals surface area contributed by atoms with E-state index in [9.17, 15) is 13.2 Å². The van der Waals surface area contributed by atoms with Crippen LogP contribution in [0.15, 0.2) is 58.9 Å². The van der Waals surface area contributed by atoms with Crippen LogP contribution in [-0.2, 0) is 27.8 Å². The molecule has 36 heavy (non-hydrogen) atoms. The monoisotopic (exact) mass is 560 g/mol. The van der Waals surface area contributed by atoms with Gasteiger partial charge in [0.2, 0.25) is 5.91 Å². The van der Waals surface area contributed by atoms with E-state index in [1.54, 1.807) is 17.2 Å². The van der Waals surface area contributed by atoms with E-state index in [0.717, 1.165) is 40.0 Å². The van der Waals surface area contributed by atoms with Gasteiger partial charge in [-0.15, -0.1) is 11.3 Å². The maximum absolute atomic E-state index is 14.2. The summed E-state index contributed by atoms with van der Waals surface area (Å²) in [5.41, 5.74) is 2.69. The summed E-state index contributed by atoms with van der Waals surface area (Å²) in [5.74, 6) is -0.288. The first-order valence-electron chi connectivity index (χ1n) is 11.8. The number of anilines is 1. The number of halogens is 1. The van der Waals surface area contributed by atoms with Gasteiger partial charge in [0.25, 0.3) is 10.0 Å². The minimum atomic E-state index is -3.87. The van der Waals surface area contributed by atoms with Crippen molar-refractivity contribution >= 4 is 65.6 Å². The van der Waals surface area contributed by atoms with E-state index in [2.05, 4.69) is 11.9 Å². The van der Waals surface area contributed by atoms with Crippen LogP contribution in [0.1, 0.15) is 37.4 Å². The van der Waals surface area contributed by atoms with Crippen molar-refractivity contribution in [1.29, 1.82) is 0 Å². The fraction of sp³-hybridized carbons (Fsp3) is 0.320. The Bertz CT molecular complexity index is 1490. The molecular formula is C25H25ClN4O3S3. The zero-order valence-corrected chi connectivity index (χ0v) is 22.8. The maximum atomic E-state index is 14.2. The third-order valence-corrected chi connectivity index (χ3v) is 10.9. The third kappa shape index (κ3) is 4.92. The van der Waals surface area contributed by atoms with Crippen LogP contribution in [0.3, 0.4) is 0 Å². The summed E-state index contributed by atoms with van der Waals surface area (Å²) < 4.78 is 30.0. The summed E-state index contributed by atoms with van der Waals surface area (Å²) in [6, 6.07) is 13.8. The number of nitrogens with zero attached hydrogens (tertiary/aromatic N) is 4. The highest BCUT2D eigenvalue weighted by atomic mass is 35.5. The van der Waals surface area contributed by atoms with Crippen molar-refractivity contribution in [3.8, 4) is 0 Å². The number of thiophene rings is 1. The van der Waals surface area contributed by atoms with Gasteiger partial charge in [-0.2, -0.15) is 4.31 Å². The number of pyridine rings is 1. The van der Waals surface area contributed by atoms with Gasteiger partial charge in [0.05, 0.1) is 26.8 Å². The number of fused-ring (bicyclic) bond motifs is 1. The van der Waals surface area contributed by atoms with E-state index >= 15 is 0 Å². The van der Waals surface area contributed by atoms with Gasteiger partial charge in [-0.1, -0.05) is 54.5 Å². The average molecular weight is 561 g/mol. The standard InChI is InChI=1S/C25H25ClN4O3S3/c1-2-17-8-7-11-20-23(17)28-25(34-20)29(16-18-9-3-5-14-27-18)24(31)19-10-4-6-15-30(19)36(32,33)22-13-12-21(26)35-22/h3,5,7-9,11-14,19H,2,4,6,10,15-16H2,1H3. The Hall–Kier alpha value is -2.37. The lowest BCUT2D eigenvalue weighted by atomic mass is 10.0. The number of carbonyl (C=O) groups excluding carboxylic acids is 1. The lowest BCUT2D eigenvalue weighted by Crippen LogP contribution is -2.52. The zero-order valence-electron chi connectivity index (χ0n) is 19.6. The topological polar surface area (TPSA) is 83.5 Å². The number of amides is 1. The van der Waals surface area contributed by atoms with E-state index in [4.69, 9.17) is 16.6 Å². The molecule has 1 fully saturated rings. The number of aryl methyl sites for hydroxylation is 1. The van der Waals surface area contributed by atoms with Gasteiger partial charge in [-0.25, -0.2) is 13.4 Å². The third-order valence-electron chi connectivity index (χ3n) is 6.27. The van der Waals surface area contributed by atoms with Gasteiger partial charge in [0, 0.05) is 12.7 Å². The number of hydrogen-bond acceptors (Lipinski definition) is 7. The molecule has 0 spiro atoms. The van der Waals surface area contributed by atoms with Gasteiger partial charge in [0.15, 0.2) is 5.13 Å². The number of para-hydroxylation sites is 1. The Kier molecular flexibility index (Phi) is 7.41. The molecule has 1 saturated heterocycles. The summed E-state index contributed by atoms with van der Waals surface area (Å²) >= 11 is 8.48. The fourth-order valence-corrected chi connectivity index (χ4v) is 8.74. The molecule has 0 N–H and O–H groups in total. The van der Waals surface area contributed by atoms with Crippen LogP contribution >= 0.6 is 34.3 Å². The normalized spacial score (nSPS) is 16.9. The molecule has 4 heterocycles. The first kappa shape index (κ1) is 25.3. The van der Waals surface area contributed by atoms with Crippen LogP contribution in [0.5, 0.6) is 0 Å². The van der Waals surface area contributed by atoms with Crippen molar-refractivity contribution in [2.45, 2.75) is 49.4 Å². The Labute approximate surface area is 223 Å². The number of carbonyl (C=O) groups is 1. The number of piperidine rings is 1. The minimum absolute atomic E-state index is 0.149. The number of thiazole rings is 1. The van der Waals surface area contributed by atoms with Gasteiger partial charge in [-0.3, -0.25) is 14.7 Å². The first-order valence-corrected chi connectivity index (χ1v) is 15.2. The van der Waals surface area contributed by atoms with Crippen LogP contribution in [0, 0.1) is 0 Å². The zero-order chi connectivity index (χ0) is 25.3. The second-order valence-electron chi connectivity index (χ2n) is 8.55. The number of benzene rings is 1. The molecule has 1 unspecified atom stereocenters. The largest absolute Gasteiger partial charge is 0.281 e. The number of hydrogen-bond donors (Lipinski definition) is 0. The van der Waals surface area contributed by atoms with Crippen LogP contribution in [0.2, 0.25) is 4.34 Å².